The van der Waals surface area contributed by atoms with Gasteiger partial charge in [0.25, 0.3) is 5.91 Å². The van der Waals surface area contributed by atoms with Crippen molar-refractivity contribution < 1.29 is 13.9 Å². The molecule has 1 saturated carbocycles. The molecule has 1 aliphatic rings. The van der Waals surface area contributed by atoms with Gasteiger partial charge >= 0.3 is 0 Å². The molecule has 1 heterocycles. The van der Waals surface area contributed by atoms with E-state index in [4.69, 9.17) is 14.9 Å². The number of anilines is 1. The molecule has 1 aliphatic carbocycles. The molecule has 0 radical (unpaired) electrons. The van der Waals surface area contributed by atoms with E-state index in [2.05, 4.69) is 5.32 Å². The number of ether oxygens (including phenoxy) is 1. The van der Waals surface area contributed by atoms with E-state index in [1.54, 1.807) is 6.07 Å². The van der Waals surface area contributed by atoms with Crippen molar-refractivity contribution in [3.8, 4) is 5.75 Å². The summed E-state index contributed by atoms with van der Waals surface area (Å²) in [5.41, 5.74) is 6.66. The first-order valence-electron chi connectivity index (χ1n) is 8.56. The quantitative estimate of drug-likeness (QED) is 0.841. The fraction of sp³-hybridized carbons (Fsp3) is 0.421. The minimum absolute atomic E-state index is 0.214. The van der Waals surface area contributed by atoms with Crippen LogP contribution in [0, 0.1) is 5.92 Å². The van der Waals surface area contributed by atoms with Gasteiger partial charge in [-0.15, -0.1) is 0 Å². The van der Waals surface area contributed by atoms with Gasteiger partial charge in [-0.1, -0.05) is 19.3 Å². The van der Waals surface area contributed by atoms with Crippen molar-refractivity contribution in [1.29, 1.82) is 0 Å². The number of rotatable bonds is 6. The number of carbonyl (C=O) groups excluding carboxylic acids is 1. The first kappa shape index (κ1) is 16.6. The number of furan rings is 1. The van der Waals surface area contributed by atoms with E-state index in [9.17, 15) is 4.79 Å². The Balaban J connectivity index is 1.51. The van der Waals surface area contributed by atoms with Crippen LogP contribution in [0.25, 0.3) is 0 Å². The van der Waals surface area contributed by atoms with E-state index >= 15 is 0 Å². The third kappa shape index (κ3) is 4.38. The molecule has 0 atom stereocenters. The zero-order valence-electron chi connectivity index (χ0n) is 13.8. The summed E-state index contributed by atoms with van der Waals surface area (Å²) in [7, 11) is 0. The molecule has 0 aliphatic heterocycles. The largest absolute Gasteiger partial charge is 0.493 e. The van der Waals surface area contributed by atoms with Crippen molar-refractivity contribution in [2.45, 2.75) is 38.6 Å². The molecule has 3 N–H and O–H groups in total. The summed E-state index contributed by atoms with van der Waals surface area (Å²) in [6.45, 7) is 1.06. The van der Waals surface area contributed by atoms with E-state index in [1.807, 2.05) is 24.3 Å². The van der Waals surface area contributed by atoms with E-state index < -0.39 is 0 Å². The van der Waals surface area contributed by atoms with Gasteiger partial charge in [-0.2, -0.15) is 0 Å². The third-order valence-corrected chi connectivity index (χ3v) is 4.44. The predicted octanol–water partition coefficient (Wildman–Crippen LogP) is 3.95. The van der Waals surface area contributed by atoms with Crippen LogP contribution in [0.3, 0.4) is 0 Å². The molecule has 5 nitrogen and oxygen atoms in total. The van der Waals surface area contributed by atoms with Gasteiger partial charge in [-0.05, 0) is 49.1 Å². The van der Waals surface area contributed by atoms with Crippen LogP contribution >= 0.6 is 0 Å². The summed E-state index contributed by atoms with van der Waals surface area (Å²) in [5, 5.41) is 2.83. The van der Waals surface area contributed by atoms with E-state index in [0.717, 1.165) is 18.0 Å². The molecule has 1 fully saturated rings. The second kappa shape index (κ2) is 8.02. The minimum atomic E-state index is -0.214. The molecule has 2 aromatic rings. The highest BCUT2D eigenvalue weighted by Crippen LogP contribution is 2.25. The van der Waals surface area contributed by atoms with Gasteiger partial charge in [-0.3, -0.25) is 4.79 Å². The summed E-state index contributed by atoms with van der Waals surface area (Å²) in [6.07, 6.45) is 7.94. The van der Waals surface area contributed by atoms with Gasteiger partial charge in [0, 0.05) is 5.69 Å². The zero-order chi connectivity index (χ0) is 16.8. The Morgan fingerprint density at radius 2 is 1.96 bits per heavy atom. The van der Waals surface area contributed by atoms with Crippen LogP contribution in [-0.2, 0) is 6.54 Å². The second-order valence-corrected chi connectivity index (χ2v) is 6.30. The lowest BCUT2D eigenvalue weighted by Gasteiger charge is -2.21. The maximum Gasteiger partial charge on any atom is 0.258 e. The van der Waals surface area contributed by atoms with Crippen molar-refractivity contribution >= 4 is 11.6 Å². The average Bonchev–Trinajstić information content (AvgIpc) is 3.11. The maximum absolute atomic E-state index is 12.1. The number of amides is 1. The fourth-order valence-electron chi connectivity index (χ4n) is 3.01. The smallest absolute Gasteiger partial charge is 0.258 e. The Morgan fingerprint density at radius 3 is 2.62 bits per heavy atom. The van der Waals surface area contributed by atoms with Crippen LogP contribution in [0.5, 0.6) is 5.75 Å². The van der Waals surface area contributed by atoms with Gasteiger partial charge < -0.3 is 20.2 Å². The van der Waals surface area contributed by atoms with Crippen LogP contribution in [0.2, 0.25) is 0 Å². The Labute approximate surface area is 142 Å². The molecule has 1 aromatic heterocycles. The zero-order valence-corrected chi connectivity index (χ0v) is 13.8. The molecular formula is C19H24N2O3. The predicted molar refractivity (Wildman–Crippen MR) is 93.1 cm³/mol. The minimum Gasteiger partial charge on any atom is -0.493 e. The van der Waals surface area contributed by atoms with Crippen LogP contribution in [0.15, 0.2) is 41.0 Å². The van der Waals surface area contributed by atoms with Crippen LogP contribution in [-0.4, -0.2) is 12.5 Å². The fourth-order valence-corrected chi connectivity index (χ4v) is 3.01. The van der Waals surface area contributed by atoms with Gasteiger partial charge in [0.2, 0.25) is 0 Å². The molecule has 0 unspecified atom stereocenters. The number of hydrogen-bond acceptors (Lipinski definition) is 4. The molecular weight excluding hydrogens is 304 g/mol. The lowest BCUT2D eigenvalue weighted by molar-refractivity contribution is 0.102. The summed E-state index contributed by atoms with van der Waals surface area (Å²) in [4.78, 5) is 12.1. The highest BCUT2D eigenvalue weighted by molar-refractivity contribution is 6.04. The summed E-state index contributed by atoms with van der Waals surface area (Å²) >= 11 is 0. The molecule has 3 rings (SSSR count). The number of carbonyl (C=O) groups is 1. The number of hydrogen-bond donors (Lipinski definition) is 2. The summed E-state index contributed by atoms with van der Waals surface area (Å²) in [5.74, 6) is 1.89. The number of nitrogens with one attached hydrogen (secondary N) is 1. The van der Waals surface area contributed by atoms with Crippen molar-refractivity contribution in [2.24, 2.45) is 11.7 Å². The molecule has 0 bridgehead atoms. The lowest BCUT2D eigenvalue weighted by Crippen LogP contribution is -2.15. The topological polar surface area (TPSA) is 77.5 Å². The van der Waals surface area contributed by atoms with E-state index in [0.29, 0.717) is 17.2 Å². The number of benzene rings is 1. The van der Waals surface area contributed by atoms with Crippen molar-refractivity contribution in [2.75, 3.05) is 11.9 Å². The van der Waals surface area contributed by atoms with Crippen LogP contribution < -0.4 is 15.8 Å². The third-order valence-electron chi connectivity index (χ3n) is 4.44. The maximum atomic E-state index is 12.1. The first-order chi connectivity index (χ1) is 11.7. The Bertz CT molecular complexity index is 658. The van der Waals surface area contributed by atoms with Gasteiger partial charge in [0.05, 0.1) is 18.7 Å². The summed E-state index contributed by atoms with van der Waals surface area (Å²) in [6, 6.07) is 9.12. The standard InChI is InChI=1S/C19H24N2O3/c20-11-18-10-15(13-24-18)19(22)21-16-6-8-17(9-7-16)23-12-14-4-2-1-3-5-14/h6-10,13-14H,1-5,11-12,20H2,(H,21,22). The lowest BCUT2D eigenvalue weighted by atomic mass is 9.90. The molecule has 128 valence electrons. The monoisotopic (exact) mass is 328 g/mol. The van der Waals surface area contributed by atoms with Gasteiger partial charge in [0.1, 0.15) is 17.8 Å². The van der Waals surface area contributed by atoms with Crippen LogP contribution in [0.1, 0.15) is 48.2 Å². The highest BCUT2D eigenvalue weighted by atomic mass is 16.5. The van der Waals surface area contributed by atoms with Crippen molar-refractivity contribution in [1.82, 2.24) is 0 Å². The molecule has 0 spiro atoms. The van der Waals surface area contributed by atoms with Crippen LogP contribution in [0.4, 0.5) is 5.69 Å². The second-order valence-electron chi connectivity index (χ2n) is 6.30. The molecule has 24 heavy (non-hydrogen) atoms. The van der Waals surface area contributed by atoms with E-state index in [1.165, 1.54) is 38.4 Å². The average molecular weight is 328 g/mol. The normalized spacial score (nSPS) is 15.2. The highest BCUT2D eigenvalue weighted by Gasteiger charge is 2.14. The Morgan fingerprint density at radius 1 is 1.21 bits per heavy atom. The Hall–Kier alpha value is -2.27. The SMILES string of the molecule is NCc1cc(C(=O)Nc2ccc(OCC3CCCCC3)cc2)co1. The molecule has 1 aromatic carbocycles. The van der Waals surface area contributed by atoms with Crippen molar-refractivity contribution in [3.63, 3.8) is 0 Å². The molecule has 5 heteroatoms. The van der Waals surface area contributed by atoms with Crippen molar-refractivity contribution in [3.05, 3.63) is 47.9 Å². The molecule has 0 saturated heterocycles. The first-order valence-corrected chi connectivity index (χ1v) is 8.56. The Kier molecular flexibility index (Phi) is 5.54. The summed E-state index contributed by atoms with van der Waals surface area (Å²) < 4.78 is 11.0. The van der Waals surface area contributed by atoms with E-state index in [-0.39, 0.29) is 12.5 Å². The molecule has 1 amide bonds. The van der Waals surface area contributed by atoms with Gasteiger partial charge in [0.15, 0.2) is 0 Å². The van der Waals surface area contributed by atoms with Gasteiger partial charge in [-0.25, -0.2) is 0 Å². The number of nitrogens with two attached hydrogens (primary N) is 1.